The number of rotatable bonds is 3. The van der Waals surface area contributed by atoms with Crippen molar-refractivity contribution in [2.24, 2.45) is 12.5 Å². The molecule has 0 aromatic carbocycles. The fourth-order valence-electron chi connectivity index (χ4n) is 3.20. The molecule has 0 saturated heterocycles. The maximum atomic E-state index is 8.36. The Morgan fingerprint density at radius 1 is 1.48 bits per heavy atom. The molecule has 0 aliphatic heterocycles. The molecule has 1 unspecified atom stereocenters. The summed E-state index contributed by atoms with van der Waals surface area (Å²) in [6, 6.07) is 0.735. The Morgan fingerprint density at radius 3 is 2.43 bits per heavy atom. The second kappa shape index (κ2) is 7.07. The Balaban J connectivity index is 0.000000677. The summed E-state index contributed by atoms with van der Waals surface area (Å²) in [6.07, 6.45) is 4.01. The average Bonchev–Trinajstić information content (AvgIpc) is 2.85. The lowest BCUT2D eigenvalue weighted by atomic mass is 9.91. The number of nitrogens with zero attached hydrogens (tertiary/aromatic N) is 3. The molecule has 0 amide bonds. The first-order valence-corrected chi connectivity index (χ1v) is 7.49. The van der Waals surface area contributed by atoms with Gasteiger partial charge in [0.15, 0.2) is 0 Å². The van der Waals surface area contributed by atoms with Crippen LogP contribution in [0.4, 0.5) is 0 Å². The third kappa shape index (κ3) is 4.56. The van der Waals surface area contributed by atoms with E-state index in [2.05, 4.69) is 44.7 Å². The molecule has 1 aliphatic carbocycles. The Morgan fingerprint density at radius 2 is 2.05 bits per heavy atom. The molecule has 5 heteroatoms. The molecule has 1 aromatic heterocycles. The zero-order valence-corrected chi connectivity index (χ0v) is 14.2. The first-order chi connectivity index (χ1) is 9.71. The van der Waals surface area contributed by atoms with E-state index in [1.165, 1.54) is 36.2 Å². The number of aromatic nitrogens is 2. The molecular formula is C16H29N3O2. The predicted molar refractivity (Wildman–Crippen MR) is 84.3 cm³/mol. The Hall–Kier alpha value is -1.36. The first kappa shape index (κ1) is 17.7. The number of carboxylic acid groups (broad SMARTS) is 1. The van der Waals surface area contributed by atoms with Crippen LogP contribution in [0.25, 0.3) is 0 Å². The van der Waals surface area contributed by atoms with Crippen molar-refractivity contribution in [1.29, 1.82) is 0 Å². The average molecular weight is 295 g/mol. The van der Waals surface area contributed by atoms with Gasteiger partial charge in [0.1, 0.15) is 0 Å². The second-order valence-corrected chi connectivity index (χ2v) is 6.85. The van der Waals surface area contributed by atoms with E-state index in [9.17, 15) is 0 Å². The van der Waals surface area contributed by atoms with E-state index in [4.69, 9.17) is 9.90 Å². The highest BCUT2D eigenvalue weighted by Crippen LogP contribution is 2.39. The molecule has 120 valence electrons. The molecule has 1 heterocycles. The highest BCUT2D eigenvalue weighted by molar-refractivity contribution is 5.32. The lowest BCUT2D eigenvalue weighted by Gasteiger charge is -2.26. The smallest absolute Gasteiger partial charge is 0.290 e. The normalized spacial score (nSPS) is 20.2. The van der Waals surface area contributed by atoms with Crippen LogP contribution in [0.5, 0.6) is 0 Å². The minimum Gasteiger partial charge on any atom is -0.483 e. The molecule has 0 radical (unpaired) electrons. The maximum absolute atomic E-state index is 8.36. The topological polar surface area (TPSA) is 58.4 Å². The number of hydrogen-bond acceptors (Lipinski definition) is 3. The third-order valence-electron chi connectivity index (χ3n) is 4.63. The number of aryl methyl sites for hydroxylation is 2. The van der Waals surface area contributed by atoms with Crippen molar-refractivity contribution in [3.05, 3.63) is 17.0 Å². The van der Waals surface area contributed by atoms with Crippen LogP contribution in [0, 0.1) is 19.3 Å². The van der Waals surface area contributed by atoms with Gasteiger partial charge in [0.05, 0.1) is 5.69 Å². The van der Waals surface area contributed by atoms with E-state index in [1.54, 1.807) is 0 Å². The van der Waals surface area contributed by atoms with E-state index in [0.29, 0.717) is 5.41 Å². The standard InChI is InChI=1S/C15H27N3.CH2O2/c1-11-14(12(2)18(6)16-11)10-17(5)13-7-8-15(3,4)9-13;2-1-3/h13H,7-10H2,1-6H3;1H,(H,2,3). The van der Waals surface area contributed by atoms with Gasteiger partial charge < -0.3 is 5.11 Å². The SMILES string of the molecule is Cc1nn(C)c(C)c1CN(C)C1CCC(C)(C)C1.O=CO. The summed E-state index contributed by atoms with van der Waals surface area (Å²) < 4.78 is 2.00. The minimum atomic E-state index is -0.250. The second-order valence-electron chi connectivity index (χ2n) is 6.85. The van der Waals surface area contributed by atoms with Crippen molar-refractivity contribution in [3.8, 4) is 0 Å². The predicted octanol–water partition coefficient (Wildman–Crippen LogP) is 2.75. The van der Waals surface area contributed by atoms with Gasteiger partial charge in [0, 0.05) is 30.9 Å². The molecule has 0 bridgehead atoms. The zero-order chi connectivity index (χ0) is 16.2. The van der Waals surface area contributed by atoms with Crippen LogP contribution in [0.2, 0.25) is 0 Å². The maximum Gasteiger partial charge on any atom is 0.290 e. The van der Waals surface area contributed by atoms with Crippen molar-refractivity contribution >= 4 is 6.47 Å². The van der Waals surface area contributed by atoms with Crippen LogP contribution in [0.15, 0.2) is 0 Å². The lowest BCUT2D eigenvalue weighted by Crippen LogP contribution is -2.30. The highest BCUT2D eigenvalue weighted by Gasteiger charge is 2.33. The van der Waals surface area contributed by atoms with Crippen LogP contribution in [0.3, 0.4) is 0 Å². The van der Waals surface area contributed by atoms with Gasteiger partial charge in [-0.3, -0.25) is 14.4 Å². The Labute approximate surface area is 127 Å². The molecule has 1 saturated carbocycles. The number of carbonyl (C=O) groups is 1. The molecular weight excluding hydrogens is 266 g/mol. The van der Waals surface area contributed by atoms with Gasteiger partial charge in [-0.2, -0.15) is 5.10 Å². The van der Waals surface area contributed by atoms with Gasteiger partial charge in [-0.15, -0.1) is 0 Å². The van der Waals surface area contributed by atoms with Gasteiger partial charge >= 0.3 is 0 Å². The summed E-state index contributed by atoms with van der Waals surface area (Å²) in [6.45, 7) is 9.85. The van der Waals surface area contributed by atoms with Crippen LogP contribution in [0.1, 0.15) is 50.1 Å². The Kier molecular flexibility index (Phi) is 5.96. The molecule has 1 atom stereocenters. The van der Waals surface area contributed by atoms with E-state index in [0.717, 1.165) is 12.6 Å². The first-order valence-electron chi connectivity index (χ1n) is 7.49. The van der Waals surface area contributed by atoms with E-state index in [-0.39, 0.29) is 6.47 Å². The third-order valence-corrected chi connectivity index (χ3v) is 4.63. The van der Waals surface area contributed by atoms with Gasteiger partial charge in [0.25, 0.3) is 6.47 Å². The molecule has 1 aromatic rings. The lowest BCUT2D eigenvalue weighted by molar-refractivity contribution is -0.122. The van der Waals surface area contributed by atoms with Crippen LogP contribution < -0.4 is 0 Å². The molecule has 0 spiro atoms. The van der Waals surface area contributed by atoms with Gasteiger partial charge in [-0.1, -0.05) is 13.8 Å². The van der Waals surface area contributed by atoms with Gasteiger partial charge in [0.2, 0.25) is 0 Å². The van der Waals surface area contributed by atoms with Crippen LogP contribution >= 0.6 is 0 Å². The Bertz CT molecular complexity index is 480. The summed E-state index contributed by atoms with van der Waals surface area (Å²) in [7, 11) is 4.29. The summed E-state index contributed by atoms with van der Waals surface area (Å²) in [5.74, 6) is 0. The molecule has 1 N–H and O–H groups in total. The molecule has 21 heavy (non-hydrogen) atoms. The van der Waals surface area contributed by atoms with E-state index >= 15 is 0 Å². The summed E-state index contributed by atoms with van der Waals surface area (Å²) in [4.78, 5) is 10.9. The summed E-state index contributed by atoms with van der Waals surface area (Å²) in [5, 5.41) is 11.4. The van der Waals surface area contributed by atoms with Crippen molar-refractivity contribution in [3.63, 3.8) is 0 Å². The fraction of sp³-hybridized carbons (Fsp3) is 0.750. The highest BCUT2D eigenvalue weighted by atomic mass is 16.3. The van der Waals surface area contributed by atoms with Crippen LogP contribution in [-0.2, 0) is 18.4 Å². The van der Waals surface area contributed by atoms with Gasteiger partial charge in [-0.05, 0) is 45.6 Å². The van der Waals surface area contributed by atoms with Crippen molar-refractivity contribution in [2.75, 3.05) is 7.05 Å². The van der Waals surface area contributed by atoms with E-state index < -0.39 is 0 Å². The van der Waals surface area contributed by atoms with E-state index in [1.807, 2.05) is 11.7 Å². The monoisotopic (exact) mass is 295 g/mol. The largest absolute Gasteiger partial charge is 0.483 e. The molecule has 2 rings (SSSR count). The minimum absolute atomic E-state index is 0.250. The quantitative estimate of drug-likeness (QED) is 0.871. The van der Waals surface area contributed by atoms with Gasteiger partial charge in [-0.25, -0.2) is 0 Å². The van der Waals surface area contributed by atoms with Crippen LogP contribution in [-0.4, -0.2) is 39.3 Å². The molecule has 1 fully saturated rings. The summed E-state index contributed by atoms with van der Waals surface area (Å²) in [5.41, 5.74) is 4.42. The molecule has 1 aliphatic rings. The fourth-order valence-corrected chi connectivity index (χ4v) is 3.20. The van der Waals surface area contributed by atoms with Crippen molar-refractivity contribution in [2.45, 2.75) is 59.5 Å². The number of hydrogen-bond donors (Lipinski definition) is 1. The zero-order valence-electron chi connectivity index (χ0n) is 14.2. The molecule has 5 nitrogen and oxygen atoms in total. The van der Waals surface area contributed by atoms with Crippen molar-refractivity contribution < 1.29 is 9.90 Å². The van der Waals surface area contributed by atoms with Crippen molar-refractivity contribution in [1.82, 2.24) is 14.7 Å². The summed E-state index contributed by atoms with van der Waals surface area (Å²) >= 11 is 0.